The Morgan fingerprint density at radius 1 is 1.00 bits per heavy atom. The van der Waals surface area contributed by atoms with Gasteiger partial charge < -0.3 is 0 Å². The molecule has 76 valence electrons. The highest BCUT2D eigenvalue weighted by Crippen LogP contribution is 2.29. The fourth-order valence-corrected chi connectivity index (χ4v) is 0.378. The van der Waals surface area contributed by atoms with Crippen LogP contribution in [0, 0.1) is 0 Å². The van der Waals surface area contributed by atoms with Crippen molar-refractivity contribution in [2.45, 2.75) is 12.4 Å². The second-order valence-electron chi connectivity index (χ2n) is 1.85. The average molecular weight is 227 g/mol. The van der Waals surface area contributed by atoms with Crippen molar-refractivity contribution in [2.75, 3.05) is 0 Å². The van der Waals surface area contributed by atoms with Crippen molar-refractivity contribution in [1.82, 2.24) is 0 Å². The van der Waals surface area contributed by atoms with Crippen molar-refractivity contribution in [1.29, 1.82) is 0 Å². The third kappa shape index (κ3) is 4.16. The first-order valence-corrected chi connectivity index (χ1v) is 2.98. The second-order valence-corrected chi connectivity index (χ2v) is 2.26. The van der Waals surface area contributed by atoms with Crippen LogP contribution < -0.4 is 0 Å². The Hall–Kier alpha value is -0.720. The Bertz CT molecular complexity index is 236. The fraction of sp³-hybridized carbons (Fsp3) is 0.400. The van der Waals surface area contributed by atoms with E-state index in [1.54, 1.807) is 0 Å². The van der Waals surface area contributed by atoms with E-state index in [2.05, 4.69) is 11.6 Å². The lowest BCUT2D eigenvalue weighted by Gasteiger charge is -2.04. The van der Waals surface area contributed by atoms with Gasteiger partial charge in [-0.25, -0.2) is 0 Å². The number of carbonyl (C=O) groups is 1. The summed E-state index contributed by atoms with van der Waals surface area (Å²) in [4.78, 5) is 9.94. The summed E-state index contributed by atoms with van der Waals surface area (Å²) in [6.45, 7) is 0. The van der Waals surface area contributed by atoms with Crippen LogP contribution in [0.25, 0.3) is 0 Å². The molecule has 0 aliphatic rings. The maximum atomic E-state index is 11.5. The van der Waals surface area contributed by atoms with Gasteiger partial charge >= 0.3 is 12.4 Å². The van der Waals surface area contributed by atoms with Gasteiger partial charge in [0, 0.05) is 6.08 Å². The zero-order valence-corrected chi connectivity index (χ0v) is 6.39. The lowest BCUT2D eigenvalue weighted by Crippen LogP contribution is -2.22. The first-order chi connectivity index (χ1) is 5.55. The van der Waals surface area contributed by atoms with Gasteiger partial charge in [-0.05, 0) is 0 Å². The second kappa shape index (κ2) is 3.57. The number of rotatable bonds is 1. The molecule has 0 unspecified atom stereocenters. The molecule has 0 aromatic rings. The molecule has 0 spiro atoms. The molecule has 8 heteroatoms. The topological polar surface area (TPSA) is 17.1 Å². The SMILES string of the molecule is O=C(/C=C(\Cl)C(F)(F)F)C(F)(F)F. The number of alkyl halides is 6. The van der Waals surface area contributed by atoms with Crippen molar-refractivity contribution < 1.29 is 31.1 Å². The number of hydrogen-bond acceptors (Lipinski definition) is 1. The van der Waals surface area contributed by atoms with Gasteiger partial charge in [-0.2, -0.15) is 26.3 Å². The van der Waals surface area contributed by atoms with E-state index in [0.29, 0.717) is 0 Å². The summed E-state index contributed by atoms with van der Waals surface area (Å²) in [5.41, 5.74) is 0. The molecule has 0 saturated heterocycles. The minimum absolute atomic E-state index is 0.707. The van der Waals surface area contributed by atoms with Crippen LogP contribution in [0.1, 0.15) is 0 Å². The summed E-state index contributed by atoms with van der Waals surface area (Å²) in [6.07, 6.45) is -11.2. The summed E-state index contributed by atoms with van der Waals surface area (Å²) in [6, 6.07) is 0. The summed E-state index contributed by atoms with van der Waals surface area (Å²) in [5.74, 6) is -2.64. The number of hydrogen-bond donors (Lipinski definition) is 0. The Balaban J connectivity index is 4.70. The summed E-state index contributed by atoms with van der Waals surface area (Å²) in [7, 11) is 0. The molecule has 0 rings (SSSR count). The predicted molar refractivity (Wildman–Crippen MR) is 31.1 cm³/mol. The zero-order chi connectivity index (χ0) is 10.9. The molecule has 13 heavy (non-hydrogen) atoms. The molecular formula is C5HClF6O. The maximum absolute atomic E-state index is 11.5. The predicted octanol–water partition coefficient (Wildman–Crippen LogP) is 2.80. The lowest BCUT2D eigenvalue weighted by atomic mass is 10.3. The number of halogens is 7. The number of carbonyl (C=O) groups excluding carboxylic acids is 1. The van der Waals surface area contributed by atoms with Gasteiger partial charge in [0.15, 0.2) is 0 Å². The van der Waals surface area contributed by atoms with Crippen LogP contribution in [0.15, 0.2) is 11.1 Å². The molecule has 0 radical (unpaired) electrons. The average Bonchev–Trinajstić information content (AvgIpc) is 1.82. The largest absolute Gasteiger partial charge is 0.454 e. The molecule has 0 atom stereocenters. The molecule has 0 aromatic heterocycles. The van der Waals surface area contributed by atoms with Gasteiger partial charge in [0.05, 0.1) is 0 Å². The standard InChI is InChI=1S/C5HClF6O/c6-2(4(7,8)9)1-3(13)5(10,11)12/h1H/b2-1-. The first-order valence-electron chi connectivity index (χ1n) is 2.60. The number of ketones is 1. The maximum Gasteiger partial charge on any atom is 0.454 e. The molecular weight excluding hydrogens is 225 g/mol. The van der Waals surface area contributed by atoms with Crippen molar-refractivity contribution in [2.24, 2.45) is 0 Å². The van der Waals surface area contributed by atoms with Gasteiger partial charge in [-0.3, -0.25) is 4.79 Å². The van der Waals surface area contributed by atoms with Crippen molar-refractivity contribution in [3.63, 3.8) is 0 Å². The summed E-state index contributed by atoms with van der Waals surface area (Å²) >= 11 is 4.37. The smallest absolute Gasteiger partial charge is 0.285 e. The minimum atomic E-state index is -5.34. The van der Waals surface area contributed by atoms with Crippen molar-refractivity contribution in [3.8, 4) is 0 Å². The van der Waals surface area contributed by atoms with Crippen LogP contribution in [-0.2, 0) is 4.79 Å². The normalized spacial score (nSPS) is 14.5. The van der Waals surface area contributed by atoms with Crippen LogP contribution in [0.5, 0.6) is 0 Å². The van der Waals surface area contributed by atoms with Crippen molar-refractivity contribution >= 4 is 17.4 Å². The Morgan fingerprint density at radius 2 is 1.38 bits per heavy atom. The molecule has 0 amide bonds. The molecule has 0 heterocycles. The zero-order valence-electron chi connectivity index (χ0n) is 5.63. The van der Waals surface area contributed by atoms with Gasteiger partial charge in [0.25, 0.3) is 5.78 Å². The monoisotopic (exact) mass is 226 g/mol. The highest BCUT2D eigenvalue weighted by Gasteiger charge is 2.40. The lowest BCUT2D eigenvalue weighted by molar-refractivity contribution is -0.165. The van der Waals surface area contributed by atoms with E-state index in [9.17, 15) is 31.1 Å². The first kappa shape index (κ1) is 12.3. The van der Waals surface area contributed by atoms with Gasteiger partial charge in [-0.1, -0.05) is 11.6 Å². The quantitative estimate of drug-likeness (QED) is 0.496. The van der Waals surface area contributed by atoms with Crippen LogP contribution in [-0.4, -0.2) is 18.1 Å². The molecule has 0 N–H and O–H groups in total. The van der Waals surface area contributed by atoms with E-state index < -0.39 is 29.2 Å². The van der Waals surface area contributed by atoms with Gasteiger partial charge in [0.2, 0.25) is 0 Å². The van der Waals surface area contributed by atoms with Crippen LogP contribution in [0.3, 0.4) is 0 Å². The molecule has 0 aliphatic heterocycles. The van der Waals surface area contributed by atoms with Crippen LogP contribution in [0.4, 0.5) is 26.3 Å². The summed E-state index contributed by atoms with van der Waals surface area (Å²) in [5, 5.41) is -2.10. The Morgan fingerprint density at radius 3 is 1.62 bits per heavy atom. The molecule has 0 aliphatic carbocycles. The molecule has 0 fully saturated rings. The number of allylic oxidation sites excluding steroid dienone is 2. The summed E-state index contributed by atoms with van der Waals surface area (Å²) < 4.78 is 68.6. The highest BCUT2D eigenvalue weighted by molar-refractivity contribution is 6.32. The Kier molecular flexibility index (Phi) is 3.37. The minimum Gasteiger partial charge on any atom is -0.285 e. The molecule has 0 saturated carbocycles. The van der Waals surface area contributed by atoms with Crippen LogP contribution >= 0.6 is 11.6 Å². The van der Waals surface area contributed by atoms with Crippen LogP contribution in [0.2, 0.25) is 0 Å². The molecule has 0 bridgehead atoms. The Labute approximate surface area is 73.0 Å². The third-order valence-electron chi connectivity index (χ3n) is 0.808. The van der Waals surface area contributed by atoms with E-state index in [-0.39, 0.29) is 0 Å². The van der Waals surface area contributed by atoms with Crippen molar-refractivity contribution in [3.05, 3.63) is 11.1 Å². The molecule has 1 nitrogen and oxygen atoms in total. The fourth-order valence-electron chi connectivity index (χ4n) is 0.279. The van der Waals surface area contributed by atoms with E-state index >= 15 is 0 Å². The van der Waals surface area contributed by atoms with E-state index in [1.807, 2.05) is 0 Å². The van der Waals surface area contributed by atoms with Gasteiger partial charge in [-0.15, -0.1) is 0 Å². The van der Waals surface area contributed by atoms with E-state index in [0.717, 1.165) is 0 Å². The highest BCUT2D eigenvalue weighted by atomic mass is 35.5. The van der Waals surface area contributed by atoms with Gasteiger partial charge in [0.1, 0.15) is 5.03 Å². The molecule has 0 aromatic carbocycles. The van der Waals surface area contributed by atoms with E-state index in [1.165, 1.54) is 0 Å². The third-order valence-corrected chi connectivity index (χ3v) is 1.13. The van der Waals surface area contributed by atoms with E-state index in [4.69, 9.17) is 0 Å².